The van der Waals surface area contributed by atoms with E-state index in [9.17, 15) is 8.42 Å². The van der Waals surface area contributed by atoms with Gasteiger partial charge in [0.15, 0.2) is 0 Å². The van der Waals surface area contributed by atoms with Crippen LogP contribution in [0.5, 0.6) is 0 Å². The molecule has 0 bridgehead atoms. The molecule has 0 amide bonds. The molecule has 1 aliphatic carbocycles. The molecule has 12 heavy (non-hydrogen) atoms. The van der Waals surface area contributed by atoms with Crippen molar-refractivity contribution in [1.29, 1.82) is 0 Å². The highest BCUT2D eigenvalue weighted by molar-refractivity contribution is 7.86. The van der Waals surface area contributed by atoms with E-state index in [0.717, 1.165) is 6.42 Å². The van der Waals surface area contributed by atoms with Crippen LogP contribution in [-0.2, 0) is 14.3 Å². The summed E-state index contributed by atoms with van der Waals surface area (Å²) in [4.78, 5) is 0. The Kier molecular flexibility index (Phi) is 3.09. The van der Waals surface area contributed by atoms with Crippen molar-refractivity contribution in [2.24, 2.45) is 5.92 Å². The van der Waals surface area contributed by atoms with Crippen LogP contribution in [0.1, 0.15) is 19.3 Å². The van der Waals surface area contributed by atoms with E-state index in [1.165, 1.54) is 7.11 Å². The third-order valence-electron chi connectivity index (χ3n) is 2.21. The molecule has 0 aromatic heterocycles. The van der Waals surface area contributed by atoms with Crippen LogP contribution in [0.25, 0.3) is 0 Å². The fraction of sp³-hybridized carbons (Fsp3) is 1.00. The lowest BCUT2D eigenvalue weighted by Crippen LogP contribution is -2.15. The van der Waals surface area contributed by atoms with Crippen molar-refractivity contribution in [2.45, 2.75) is 25.4 Å². The second-order valence-electron chi connectivity index (χ2n) is 3.22. The van der Waals surface area contributed by atoms with E-state index >= 15 is 0 Å². The summed E-state index contributed by atoms with van der Waals surface area (Å²) in [5.41, 5.74) is 0. The lowest BCUT2D eigenvalue weighted by atomic mass is 10.1. The maximum atomic E-state index is 11.0. The van der Waals surface area contributed by atoms with Gasteiger partial charge >= 0.3 is 0 Å². The first-order chi connectivity index (χ1) is 5.53. The number of aliphatic hydroxyl groups excluding tert-OH is 1. The summed E-state index contributed by atoms with van der Waals surface area (Å²) in [6.45, 7) is 0. The molecule has 0 spiro atoms. The lowest BCUT2D eigenvalue weighted by Gasteiger charge is -2.07. The summed E-state index contributed by atoms with van der Waals surface area (Å²) in [6.07, 6.45) is 1.76. The maximum Gasteiger partial charge on any atom is 0.267 e. The van der Waals surface area contributed by atoms with Gasteiger partial charge in [0.1, 0.15) is 0 Å². The molecule has 0 heterocycles. The zero-order valence-electron chi connectivity index (χ0n) is 7.06. The minimum absolute atomic E-state index is 0.0422. The molecule has 0 aliphatic heterocycles. The molecule has 0 radical (unpaired) electrons. The van der Waals surface area contributed by atoms with Crippen molar-refractivity contribution in [3.05, 3.63) is 0 Å². The normalized spacial score (nSPS) is 30.8. The van der Waals surface area contributed by atoms with Crippen molar-refractivity contribution in [3.8, 4) is 0 Å². The average Bonchev–Trinajstić information content (AvgIpc) is 2.35. The van der Waals surface area contributed by atoms with E-state index < -0.39 is 10.1 Å². The van der Waals surface area contributed by atoms with Crippen LogP contribution in [0, 0.1) is 5.92 Å². The van der Waals surface area contributed by atoms with Gasteiger partial charge in [-0.1, -0.05) is 0 Å². The average molecular weight is 194 g/mol. The van der Waals surface area contributed by atoms with Gasteiger partial charge in [0.25, 0.3) is 10.1 Å². The van der Waals surface area contributed by atoms with Crippen LogP contribution in [0.4, 0.5) is 0 Å². The molecule has 5 heteroatoms. The van der Waals surface area contributed by atoms with E-state index in [1.807, 2.05) is 0 Å². The molecule has 72 valence electrons. The van der Waals surface area contributed by atoms with E-state index in [4.69, 9.17) is 5.11 Å². The summed E-state index contributed by atoms with van der Waals surface area (Å²) >= 11 is 0. The largest absolute Gasteiger partial charge is 0.393 e. The molecule has 1 fully saturated rings. The van der Waals surface area contributed by atoms with Crippen molar-refractivity contribution in [2.75, 3.05) is 12.9 Å². The number of hydrogen-bond acceptors (Lipinski definition) is 4. The summed E-state index contributed by atoms with van der Waals surface area (Å²) in [7, 11) is -2.17. The topological polar surface area (TPSA) is 63.6 Å². The second kappa shape index (κ2) is 3.72. The highest BCUT2D eigenvalue weighted by Crippen LogP contribution is 2.26. The number of hydrogen-bond donors (Lipinski definition) is 1. The monoisotopic (exact) mass is 194 g/mol. The van der Waals surface area contributed by atoms with E-state index in [-0.39, 0.29) is 17.8 Å². The molecule has 0 aromatic carbocycles. The molecule has 1 rings (SSSR count). The van der Waals surface area contributed by atoms with Crippen LogP contribution in [0.2, 0.25) is 0 Å². The Bertz CT molecular complexity index is 234. The van der Waals surface area contributed by atoms with E-state index in [0.29, 0.717) is 12.8 Å². The Morgan fingerprint density at radius 2 is 2.17 bits per heavy atom. The van der Waals surface area contributed by atoms with Gasteiger partial charge in [0, 0.05) is 0 Å². The van der Waals surface area contributed by atoms with Crippen molar-refractivity contribution in [3.63, 3.8) is 0 Å². The highest BCUT2D eigenvalue weighted by Gasteiger charge is 2.27. The molecule has 1 saturated carbocycles. The molecule has 0 saturated heterocycles. The smallest absolute Gasteiger partial charge is 0.267 e. The van der Waals surface area contributed by atoms with Gasteiger partial charge in [-0.2, -0.15) is 8.42 Å². The van der Waals surface area contributed by atoms with Gasteiger partial charge in [-0.25, -0.2) is 0 Å². The molecule has 0 aromatic rings. The lowest BCUT2D eigenvalue weighted by molar-refractivity contribution is 0.179. The third-order valence-corrected chi connectivity index (χ3v) is 3.59. The van der Waals surface area contributed by atoms with Gasteiger partial charge < -0.3 is 5.11 Å². The molecule has 1 N–H and O–H groups in total. The molecular weight excluding hydrogens is 180 g/mol. The van der Waals surface area contributed by atoms with Crippen LogP contribution >= 0.6 is 0 Å². The first-order valence-electron chi connectivity index (χ1n) is 4.00. The first kappa shape index (κ1) is 9.95. The van der Waals surface area contributed by atoms with E-state index in [1.54, 1.807) is 0 Å². The highest BCUT2D eigenvalue weighted by atomic mass is 32.2. The van der Waals surface area contributed by atoms with Gasteiger partial charge in [-0.15, -0.1) is 0 Å². The van der Waals surface area contributed by atoms with Crippen LogP contribution in [-0.4, -0.2) is 32.5 Å². The summed E-state index contributed by atoms with van der Waals surface area (Å²) in [5, 5.41) is 9.13. The molecule has 2 unspecified atom stereocenters. The van der Waals surface area contributed by atoms with Gasteiger partial charge in [0.05, 0.1) is 19.0 Å². The standard InChI is InChI=1S/C7H14O4S/c1-11-12(9,10)5-6-2-3-7(8)4-6/h6-8H,2-5H2,1H3. The fourth-order valence-corrected chi connectivity index (χ4v) is 2.57. The van der Waals surface area contributed by atoms with Crippen LogP contribution in [0.3, 0.4) is 0 Å². The van der Waals surface area contributed by atoms with E-state index in [2.05, 4.69) is 4.18 Å². The summed E-state index contributed by atoms with van der Waals surface area (Å²) in [6, 6.07) is 0. The number of aliphatic hydroxyl groups is 1. The van der Waals surface area contributed by atoms with Crippen molar-refractivity contribution in [1.82, 2.24) is 0 Å². The Morgan fingerprint density at radius 1 is 1.50 bits per heavy atom. The predicted molar refractivity (Wildman–Crippen MR) is 44.1 cm³/mol. The van der Waals surface area contributed by atoms with Crippen LogP contribution < -0.4 is 0 Å². The second-order valence-corrected chi connectivity index (χ2v) is 5.01. The van der Waals surface area contributed by atoms with Gasteiger partial charge in [-0.05, 0) is 25.2 Å². The van der Waals surface area contributed by atoms with Crippen molar-refractivity contribution < 1.29 is 17.7 Å². The Hall–Kier alpha value is -0.130. The molecule has 2 atom stereocenters. The van der Waals surface area contributed by atoms with Gasteiger partial charge in [0.2, 0.25) is 0 Å². The van der Waals surface area contributed by atoms with Crippen LogP contribution in [0.15, 0.2) is 0 Å². The Balaban J connectivity index is 2.43. The van der Waals surface area contributed by atoms with Gasteiger partial charge in [-0.3, -0.25) is 4.18 Å². The zero-order valence-corrected chi connectivity index (χ0v) is 7.88. The summed E-state index contributed by atoms with van der Waals surface area (Å²) in [5.74, 6) is 0.116. The first-order valence-corrected chi connectivity index (χ1v) is 5.57. The molecule has 1 aliphatic rings. The maximum absolute atomic E-state index is 11.0. The Morgan fingerprint density at radius 3 is 2.58 bits per heavy atom. The zero-order chi connectivity index (χ0) is 9.19. The summed E-state index contributed by atoms with van der Waals surface area (Å²) < 4.78 is 26.2. The minimum atomic E-state index is -3.34. The SMILES string of the molecule is COS(=O)(=O)CC1CCC(O)C1. The van der Waals surface area contributed by atoms with Crippen molar-refractivity contribution >= 4 is 10.1 Å². The third kappa shape index (κ3) is 2.73. The molecular formula is C7H14O4S. The fourth-order valence-electron chi connectivity index (χ4n) is 1.56. The number of rotatable bonds is 3. The Labute approximate surface area is 72.7 Å². The molecule has 4 nitrogen and oxygen atoms in total. The predicted octanol–water partition coefficient (Wildman–Crippen LogP) is 0.124. The quantitative estimate of drug-likeness (QED) is 0.648. The minimum Gasteiger partial charge on any atom is -0.393 e.